The van der Waals surface area contributed by atoms with Crippen LogP contribution in [-0.4, -0.2) is 30.6 Å². The van der Waals surface area contributed by atoms with Crippen LogP contribution in [0.25, 0.3) is 33.2 Å². The molecule has 0 fully saturated rings. The lowest BCUT2D eigenvalue weighted by Gasteiger charge is -2.01. The molecule has 0 atom stereocenters. The standard InChI is InChI=1S/C10H4BrCl2N5S.C10H3BrCl2N2S/c11-10-14-7(4-1-2-5(12)6(13)3-4)8(19-10)9-15-17-18-16-9;11-10-15-9(8(4-14)16-10)5-1-2-6(12)7(13)3-5/h1-3H,(H,15,16,17,18);1-3H. The van der Waals surface area contributed by atoms with Crippen LogP contribution in [0.3, 0.4) is 0 Å². The number of thiazole rings is 2. The van der Waals surface area contributed by atoms with Crippen molar-refractivity contribution in [3.05, 3.63) is 69.2 Å². The van der Waals surface area contributed by atoms with Gasteiger partial charge in [0.05, 0.1) is 25.8 Å². The van der Waals surface area contributed by atoms with E-state index in [1.807, 2.05) is 6.07 Å². The van der Waals surface area contributed by atoms with Gasteiger partial charge in [-0.1, -0.05) is 69.9 Å². The van der Waals surface area contributed by atoms with Crippen LogP contribution in [0.15, 0.2) is 44.2 Å². The summed E-state index contributed by atoms with van der Waals surface area (Å²) >= 11 is 33.0. The molecule has 0 aliphatic carbocycles. The van der Waals surface area contributed by atoms with Gasteiger partial charge in [-0.15, -0.1) is 21.5 Å². The zero-order chi connectivity index (χ0) is 25.1. The minimum absolute atomic E-state index is 0.451. The molecule has 176 valence electrons. The summed E-state index contributed by atoms with van der Waals surface area (Å²) in [6.45, 7) is 0. The largest absolute Gasteiger partial charge is 0.228 e. The van der Waals surface area contributed by atoms with Crippen molar-refractivity contribution in [3.63, 3.8) is 0 Å². The molecule has 3 heterocycles. The van der Waals surface area contributed by atoms with Gasteiger partial charge in [-0.05, 0) is 61.3 Å². The van der Waals surface area contributed by atoms with E-state index in [0.717, 1.165) is 25.6 Å². The second-order valence-corrected chi connectivity index (χ2v) is 12.6. The molecule has 0 bridgehead atoms. The van der Waals surface area contributed by atoms with Crippen LogP contribution in [0.5, 0.6) is 0 Å². The van der Waals surface area contributed by atoms with Gasteiger partial charge in [0, 0.05) is 11.1 Å². The van der Waals surface area contributed by atoms with Gasteiger partial charge in [0.2, 0.25) is 5.82 Å². The van der Waals surface area contributed by atoms with Gasteiger partial charge in [0.25, 0.3) is 0 Å². The predicted molar refractivity (Wildman–Crippen MR) is 148 cm³/mol. The fraction of sp³-hybridized carbons (Fsp3) is 0. The van der Waals surface area contributed by atoms with Gasteiger partial charge in [-0.3, -0.25) is 0 Å². The van der Waals surface area contributed by atoms with Gasteiger partial charge in [-0.25, -0.2) is 9.97 Å². The maximum atomic E-state index is 8.96. The number of hydrogen-bond acceptors (Lipinski definition) is 8. The molecular weight excluding hydrogens is 704 g/mol. The Labute approximate surface area is 243 Å². The molecule has 0 unspecified atom stereocenters. The Kier molecular flexibility index (Phi) is 8.78. The van der Waals surface area contributed by atoms with Crippen LogP contribution in [0, 0.1) is 11.3 Å². The van der Waals surface area contributed by atoms with E-state index in [4.69, 9.17) is 51.7 Å². The molecule has 0 spiro atoms. The summed E-state index contributed by atoms with van der Waals surface area (Å²) in [6, 6.07) is 12.6. The Morgan fingerprint density at radius 2 is 1.37 bits per heavy atom. The lowest BCUT2D eigenvalue weighted by atomic mass is 10.1. The summed E-state index contributed by atoms with van der Waals surface area (Å²) in [6.07, 6.45) is 0. The number of nitriles is 1. The zero-order valence-corrected chi connectivity index (χ0v) is 24.6. The Bertz CT molecular complexity index is 1550. The molecule has 5 rings (SSSR count). The number of hydrogen-bond donors (Lipinski definition) is 1. The summed E-state index contributed by atoms with van der Waals surface area (Å²) in [7, 11) is 0. The number of aromatic amines is 1. The van der Waals surface area contributed by atoms with Crippen molar-refractivity contribution in [1.29, 1.82) is 5.26 Å². The zero-order valence-electron chi connectivity index (χ0n) is 16.7. The van der Waals surface area contributed by atoms with E-state index in [9.17, 15) is 0 Å². The average molecular weight is 711 g/mol. The SMILES string of the molecule is Clc1ccc(-c2nc(Br)sc2-c2nn[nH]n2)cc1Cl.N#Cc1sc(Br)nc1-c1ccc(Cl)c(Cl)c1. The minimum Gasteiger partial charge on any atom is -0.228 e. The van der Waals surface area contributed by atoms with Crippen molar-refractivity contribution in [2.75, 3.05) is 0 Å². The van der Waals surface area contributed by atoms with Crippen molar-refractivity contribution >= 4 is 101 Å². The molecule has 5 aromatic rings. The quantitative estimate of drug-likeness (QED) is 0.201. The first-order valence-corrected chi connectivity index (χ1v) is 13.9. The van der Waals surface area contributed by atoms with E-state index in [2.05, 4.69) is 68.5 Å². The second-order valence-electron chi connectivity index (χ2n) is 6.39. The number of benzene rings is 2. The van der Waals surface area contributed by atoms with Gasteiger partial charge < -0.3 is 0 Å². The topological polar surface area (TPSA) is 104 Å². The molecule has 0 amide bonds. The molecule has 35 heavy (non-hydrogen) atoms. The molecule has 0 aliphatic heterocycles. The number of tetrazole rings is 1. The fourth-order valence-electron chi connectivity index (χ4n) is 2.75. The third kappa shape index (κ3) is 6.21. The summed E-state index contributed by atoms with van der Waals surface area (Å²) < 4.78 is 1.40. The van der Waals surface area contributed by atoms with Crippen LogP contribution in [0.4, 0.5) is 0 Å². The molecule has 2 aromatic carbocycles. The summed E-state index contributed by atoms with van der Waals surface area (Å²) in [5.41, 5.74) is 2.99. The second kappa shape index (κ2) is 11.6. The van der Waals surface area contributed by atoms with Gasteiger partial charge in [-0.2, -0.15) is 10.5 Å². The monoisotopic (exact) mass is 707 g/mol. The first-order chi connectivity index (χ1) is 16.8. The van der Waals surface area contributed by atoms with Crippen molar-refractivity contribution in [2.45, 2.75) is 0 Å². The van der Waals surface area contributed by atoms with E-state index in [1.165, 1.54) is 22.7 Å². The third-order valence-electron chi connectivity index (χ3n) is 4.24. The lowest BCUT2D eigenvalue weighted by molar-refractivity contribution is 0.881. The van der Waals surface area contributed by atoms with Gasteiger partial charge >= 0.3 is 0 Å². The highest BCUT2D eigenvalue weighted by molar-refractivity contribution is 9.11. The van der Waals surface area contributed by atoms with Crippen molar-refractivity contribution in [1.82, 2.24) is 30.6 Å². The highest BCUT2D eigenvalue weighted by Crippen LogP contribution is 2.38. The van der Waals surface area contributed by atoms with Crippen LogP contribution >= 0.6 is 101 Å². The Balaban J connectivity index is 0.000000168. The van der Waals surface area contributed by atoms with E-state index < -0.39 is 0 Å². The Morgan fingerprint density at radius 3 is 1.91 bits per heavy atom. The summed E-state index contributed by atoms with van der Waals surface area (Å²) in [5, 5.41) is 24.8. The van der Waals surface area contributed by atoms with Gasteiger partial charge in [0.15, 0.2) is 7.83 Å². The average Bonchev–Trinajstić information content (AvgIpc) is 3.57. The molecule has 1 N–H and O–H groups in total. The highest BCUT2D eigenvalue weighted by Gasteiger charge is 2.18. The van der Waals surface area contributed by atoms with Crippen LogP contribution in [0.1, 0.15) is 4.88 Å². The van der Waals surface area contributed by atoms with Crippen molar-refractivity contribution < 1.29 is 0 Å². The molecule has 15 heteroatoms. The first-order valence-electron chi connectivity index (χ1n) is 9.14. The van der Waals surface area contributed by atoms with E-state index in [0.29, 0.717) is 40.4 Å². The summed E-state index contributed by atoms with van der Waals surface area (Å²) in [5.74, 6) is 0.490. The first kappa shape index (κ1) is 26.4. The molecule has 0 saturated carbocycles. The lowest BCUT2D eigenvalue weighted by Crippen LogP contribution is -1.84. The Morgan fingerprint density at radius 1 is 0.800 bits per heavy atom. The maximum Gasteiger partial charge on any atom is 0.216 e. The number of H-pyrrole nitrogens is 1. The number of nitrogens with one attached hydrogen (secondary N) is 1. The molecule has 3 aromatic heterocycles. The van der Waals surface area contributed by atoms with Crippen LogP contribution < -0.4 is 0 Å². The minimum atomic E-state index is 0.451. The number of halogens is 6. The third-order valence-corrected chi connectivity index (χ3v) is 8.63. The predicted octanol–water partition coefficient (Wildman–Crippen LogP) is 8.81. The smallest absolute Gasteiger partial charge is 0.216 e. The molecule has 0 saturated heterocycles. The molecular formula is C20H7Br2Cl4N7S2. The fourth-order valence-corrected chi connectivity index (χ4v) is 6.03. The molecule has 0 aliphatic rings. The van der Waals surface area contributed by atoms with Crippen LogP contribution in [-0.2, 0) is 0 Å². The number of rotatable bonds is 3. The molecule has 0 radical (unpaired) electrons. The summed E-state index contributed by atoms with van der Waals surface area (Å²) in [4.78, 5) is 10.0. The van der Waals surface area contributed by atoms with E-state index in [-0.39, 0.29) is 0 Å². The van der Waals surface area contributed by atoms with Crippen molar-refractivity contribution in [3.8, 4) is 39.3 Å². The van der Waals surface area contributed by atoms with Crippen molar-refractivity contribution in [2.24, 2.45) is 0 Å². The Hall–Kier alpha value is -1.62. The van der Waals surface area contributed by atoms with Crippen LogP contribution in [0.2, 0.25) is 20.1 Å². The number of aromatic nitrogens is 6. The highest BCUT2D eigenvalue weighted by atomic mass is 79.9. The van der Waals surface area contributed by atoms with E-state index >= 15 is 0 Å². The molecule has 7 nitrogen and oxygen atoms in total. The maximum absolute atomic E-state index is 8.96. The normalized spacial score (nSPS) is 10.5. The van der Waals surface area contributed by atoms with E-state index in [1.54, 1.807) is 30.3 Å². The number of nitrogens with zero attached hydrogens (tertiary/aromatic N) is 6. The van der Waals surface area contributed by atoms with Gasteiger partial charge in [0.1, 0.15) is 21.5 Å².